The summed E-state index contributed by atoms with van der Waals surface area (Å²) in [4.78, 5) is 33.1. The molecule has 0 spiro atoms. The third-order valence-corrected chi connectivity index (χ3v) is 2.72. The summed E-state index contributed by atoms with van der Waals surface area (Å²) in [7, 11) is 0. The standard InChI is InChI=1S/C13H23NO5.ClH/c1-2-5-12(16)19-7-4-3-6-10(13(17)18)8-11(15)9-14;/h10H,2-9,14H2,1H3,(H,17,18);1H. The fourth-order valence-corrected chi connectivity index (χ4v) is 1.63. The molecule has 0 aliphatic rings. The molecule has 6 nitrogen and oxygen atoms in total. The van der Waals surface area contributed by atoms with Crippen LogP contribution in [0.3, 0.4) is 0 Å². The van der Waals surface area contributed by atoms with Crippen molar-refractivity contribution in [2.45, 2.75) is 45.4 Å². The number of hydrogen-bond acceptors (Lipinski definition) is 5. The van der Waals surface area contributed by atoms with Crippen LogP contribution in [-0.2, 0) is 19.1 Å². The Hall–Kier alpha value is -1.14. The highest BCUT2D eigenvalue weighted by Crippen LogP contribution is 2.13. The van der Waals surface area contributed by atoms with Crippen LogP contribution in [0.4, 0.5) is 0 Å². The predicted molar refractivity (Wildman–Crippen MR) is 76.8 cm³/mol. The minimum Gasteiger partial charge on any atom is -0.481 e. The smallest absolute Gasteiger partial charge is 0.306 e. The molecule has 1 atom stereocenters. The van der Waals surface area contributed by atoms with Gasteiger partial charge in [-0.25, -0.2) is 0 Å². The molecular weight excluding hydrogens is 286 g/mol. The number of Topliss-reactive ketones (excluding diaryl/α,β-unsaturated/α-hetero) is 1. The van der Waals surface area contributed by atoms with Crippen molar-refractivity contribution in [3.05, 3.63) is 0 Å². The minimum atomic E-state index is -0.982. The first-order valence-corrected chi connectivity index (χ1v) is 6.61. The summed E-state index contributed by atoms with van der Waals surface area (Å²) in [6.45, 7) is 2.07. The summed E-state index contributed by atoms with van der Waals surface area (Å²) in [5.74, 6) is -2.15. The van der Waals surface area contributed by atoms with E-state index in [0.29, 0.717) is 32.3 Å². The number of hydrogen-bond donors (Lipinski definition) is 2. The Morgan fingerprint density at radius 3 is 2.40 bits per heavy atom. The molecule has 0 aromatic heterocycles. The molecule has 0 amide bonds. The fourth-order valence-electron chi connectivity index (χ4n) is 1.63. The van der Waals surface area contributed by atoms with E-state index in [-0.39, 0.29) is 37.1 Å². The van der Waals surface area contributed by atoms with Crippen molar-refractivity contribution < 1.29 is 24.2 Å². The number of ketones is 1. The van der Waals surface area contributed by atoms with Crippen molar-refractivity contribution in [1.29, 1.82) is 0 Å². The Morgan fingerprint density at radius 2 is 1.90 bits per heavy atom. The van der Waals surface area contributed by atoms with E-state index in [1.54, 1.807) is 0 Å². The Kier molecular flexibility index (Phi) is 13.6. The summed E-state index contributed by atoms with van der Waals surface area (Å²) < 4.78 is 4.95. The highest BCUT2D eigenvalue weighted by Gasteiger charge is 2.19. The van der Waals surface area contributed by atoms with E-state index in [4.69, 9.17) is 15.6 Å². The van der Waals surface area contributed by atoms with Gasteiger partial charge in [-0.15, -0.1) is 12.4 Å². The van der Waals surface area contributed by atoms with E-state index < -0.39 is 11.9 Å². The van der Waals surface area contributed by atoms with Crippen LogP contribution in [-0.4, -0.2) is 36.0 Å². The molecule has 118 valence electrons. The number of halogens is 1. The van der Waals surface area contributed by atoms with Gasteiger partial charge in [0.05, 0.1) is 19.1 Å². The second-order valence-electron chi connectivity index (χ2n) is 4.45. The van der Waals surface area contributed by atoms with E-state index in [9.17, 15) is 14.4 Å². The molecule has 20 heavy (non-hydrogen) atoms. The maximum absolute atomic E-state index is 11.1. The van der Waals surface area contributed by atoms with Gasteiger partial charge in [0.25, 0.3) is 0 Å². The van der Waals surface area contributed by atoms with Crippen LogP contribution >= 0.6 is 12.4 Å². The van der Waals surface area contributed by atoms with Crippen LogP contribution in [0.2, 0.25) is 0 Å². The third-order valence-electron chi connectivity index (χ3n) is 2.72. The zero-order valence-electron chi connectivity index (χ0n) is 11.8. The number of nitrogens with two attached hydrogens (primary N) is 1. The molecule has 0 heterocycles. The lowest BCUT2D eigenvalue weighted by Gasteiger charge is -2.10. The van der Waals surface area contributed by atoms with Crippen LogP contribution in [0.15, 0.2) is 0 Å². The quantitative estimate of drug-likeness (QED) is 0.443. The highest BCUT2D eigenvalue weighted by atomic mass is 35.5. The lowest BCUT2D eigenvalue weighted by atomic mass is 9.96. The molecule has 0 rings (SSSR count). The van der Waals surface area contributed by atoms with E-state index in [0.717, 1.165) is 6.42 Å². The molecule has 1 unspecified atom stereocenters. The summed E-state index contributed by atoms with van der Waals surface area (Å²) in [6.07, 6.45) is 2.74. The maximum atomic E-state index is 11.1. The number of unbranched alkanes of at least 4 members (excludes halogenated alkanes) is 1. The van der Waals surface area contributed by atoms with Gasteiger partial charge in [-0.2, -0.15) is 0 Å². The summed E-state index contributed by atoms with van der Waals surface area (Å²) in [6, 6.07) is 0. The summed E-state index contributed by atoms with van der Waals surface area (Å²) in [5.41, 5.74) is 5.16. The SMILES string of the molecule is CCCC(=O)OCCCCC(CC(=O)CN)C(=O)O.Cl. The first kappa shape index (κ1) is 21.2. The van der Waals surface area contributed by atoms with Crippen LogP contribution in [0.25, 0.3) is 0 Å². The van der Waals surface area contributed by atoms with Crippen molar-refractivity contribution in [2.24, 2.45) is 11.7 Å². The number of carbonyl (C=O) groups excluding carboxylic acids is 2. The van der Waals surface area contributed by atoms with Crippen LogP contribution in [0.5, 0.6) is 0 Å². The molecule has 0 aromatic rings. The minimum absolute atomic E-state index is 0. The molecule has 0 aliphatic carbocycles. The topological polar surface area (TPSA) is 107 Å². The molecular formula is C13H24ClNO5. The Balaban J connectivity index is 0. The number of carboxylic acid groups (broad SMARTS) is 1. The Bertz CT molecular complexity index is 309. The number of rotatable bonds is 11. The lowest BCUT2D eigenvalue weighted by molar-refractivity contribution is -0.145. The summed E-state index contributed by atoms with van der Waals surface area (Å²) in [5, 5.41) is 8.95. The van der Waals surface area contributed by atoms with Crippen molar-refractivity contribution in [3.8, 4) is 0 Å². The van der Waals surface area contributed by atoms with Gasteiger partial charge >= 0.3 is 11.9 Å². The Morgan fingerprint density at radius 1 is 1.25 bits per heavy atom. The fraction of sp³-hybridized carbons (Fsp3) is 0.769. The second-order valence-corrected chi connectivity index (χ2v) is 4.45. The van der Waals surface area contributed by atoms with E-state index in [1.807, 2.05) is 6.92 Å². The van der Waals surface area contributed by atoms with Crippen LogP contribution in [0, 0.1) is 5.92 Å². The van der Waals surface area contributed by atoms with Gasteiger partial charge < -0.3 is 15.6 Å². The molecule has 0 radical (unpaired) electrons. The zero-order chi connectivity index (χ0) is 14.7. The average molecular weight is 310 g/mol. The van der Waals surface area contributed by atoms with Crippen LogP contribution in [0.1, 0.15) is 45.4 Å². The normalized spacial score (nSPS) is 11.3. The molecule has 0 saturated heterocycles. The molecule has 0 aromatic carbocycles. The molecule has 0 bridgehead atoms. The summed E-state index contributed by atoms with van der Waals surface area (Å²) >= 11 is 0. The zero-order valence-corrected chi connectivity index (χ0v) is 12.6. The molecule has 0 aliphatic heterocycles. The van der Waals surface area contributed by atoms with Gasteiger partial charge in [0.1, 0.15) is 5.78 Å². The van der Waals surface area contributed by atoms with Gasteiger partial charge in [-0.05, 0) is 25.7 Å². The number of carbonyl (C=O) groups is 3. The third kappa shape index (κ3) is 10.8. The van der Waals surface area contributed by atoms with Gasteiger partial charge in [-0.1, -0.05) is 6.92 Å². The second kappa shape index (κ2) is 12.9. The Labute approximate surface area is 125 Å². The van der Waals surface area contributed by atoms with Gasteiger partial charge in [0, 0.05) is 12.8 Å². The molecule has 3 N–H and O–H groups in total. The molecule has 0 saturated carbocycles. The first-order chi connectivity index (χ1) is 9.01. The lowest BCUT2D eigenvalue weighted by Crippen LogP contribution is -2.22. The van der Waals surface area contributed by atoms with Crippen molar-refractivity contribution in [1.82, 2.24) is 0 Å². The maximum Gasteiger partial charge on any atom is 0.306 e. The first-order valence-electron chi connectivity index (χ1n) is 6.61. The average Bonchev–Trinajstić information content (AvgIpc) is 2.36. The monoisotopic (exact) mass is 309 g/mol. The van der Waals surface area contributed by atoms with Crippen molar-refractivity contribution in [3.63, 3.8) is 0 Å². The van der Waals surface area contributed by atoms with Gasteiger partial charge in [0.15, 0.2) is 0 Å². The van der Waals surface area contributed by atoms with Crippen LogP contribution < -0.4 is 5.73 Å². The largest absolute Gasteiger partial charge is 0.481 e. The van der Waals surface area contributed by atoms with E-state index >= 15 is 0 Å². The predicted octanol–water partition coefficient (Wildman–Crippen LogP) is 1.54. The molecule has 7 heteroatoms. The number of aliphatic carboxylic acids is 1. The number of carboxylic acids is 1. The van der Waals surface area contributed by atoms with Gasteiger partial charge in [-0.3, -0.25) is 14.4 Å². The molecule has 0 fully saturated rings. The van der Waals surface area contributed by atoms with Crippen molar-refractivity contribution >= 4 is 30.1 Å². The van der Waals surface area contributed by atoms with Gasteiger partial charge in [0.2, 0.25) is 0 Å². The number of esters is 1. The van der Waals surface area contributed by atoms with E-state index in [2.05, 4.69) is 0 Å². The van der Waals surface area contributed by atoms with E-state index in [1.165, 1.54) is 0 Å². The van der Waals surface area contributed by atoms with Crippen molar-refractivity contribution in [2.75, 3.05) is 13.2 Å². The highest BCUT2D eigenvalue weighted by molar-refractivity contribution is 5.85. The number of ether oxygens (including phenoxy) is 1.